The van der Waals surface area contributed by atoms with Gasteiger partial charge in [-0.25, -0.2) is 9.37 Å². The fourth-order valence-electron chi connectivity index (χ4n) is 6.41. The maximum absolute atomic E-state index is 16.2. The molecular weight excluding hydrogens is 471 g/mol. The summed E-state index contributed by atoms with van der Waals surface area (Å²) in [5, 5.41) is 17.7. The number of pyridine rings is 1. The van der Waals surface area contributed by atoms with Gasteiger partial charge >= 0.3 is 0 Å². The van der Waals surface area contributed by atoms with Crippen LogP contribution in [0, 0.1) is 5.82 Å². The number of nitrogen functional groups attached to an aromatic ring is 1. The Bertz CT molecular complexity index is 1350. The number of nitrogens with two attached hydrogens (primary N) is 1. The number of aromatic nitrogens is 3. The minimum atomic E-state index is -0.610. The van der Waals surface area contributed by atoms with Crippen molar-refractivity contribution >= 4 is 17.4 Å². The number of fused-ring (bicyclic) bond motifs is 2. The summed E-state index contributed by atoms with van der Waals surface area (Å²) < 4.78 is 17.9. The predicted molar refractivity (Wildman–Crippen MR) is 140 cm³/mol. The number of halogens is 1. The van der Waals surface area contributed by atoms with Gasteiger partial charge < -0.3 is 21.1 Å². The molecule has 37 heavy (non-hydrogen) atoms. The minimum Gasteiger partial charge on any atom is -0.398 e. The fourth-order valence-corrected chi connectivity index (χ4v) is 6.41. The van der Waals surface area contributed by atoms with E-state index in [-0.39, 0.29) is 34.7 Å². The van der Waals surface area contributed by atoms with Gasteiger partial charge in [-0.15, -0.1) is 0 Å². The van der Waals surface area contributed by atoms with Crippen molar-refractivity contribution in [1.82, 2.24) is 19.7 Å². The van der Waals surface area contributed by atoms with E-state index in [4.69, 9.17) is 5.73 Å². The lowest BCUT2D eigenvalue weighted by Crippen LogP contribution is -2.39. The summed E-state index contributed by atoms with van der Waals surface area (Å²) in [7, 11) is 1.85. The van der Waals surface area contributed by atoms with E-state index in [1.165, 1.54) is 0 Å². The van der Waals surface area contributed by atoms with Crippen LogP contribution in [0.5, 0.6) is 0 Å². The third-order valence-electron chi connectivity index (χ3n) is 8.54. The van der Waals surface area contributed by atoms with E-state index in [0.717, 1.165) is 68.4 Å². The summed E-state index contributed by atoms with van der Waals surface area (Å²) in [5.74, 6) is -0.180. The Hall–Kier alpha value is -3.46. The molecule has 1 atom stereocenters. The Morgan fingerprint density at radius 1 is 1.22 bits per heavy atom. The molecule has 2 fully saturated rings. The van der Waals surface area contributed by atoms with Gasteiger partial charge in [-0.05, 0) is 63.1 Å². The number of aliphatic hydroxyl groups excluding tert-OH is 1. The number of anilines is 2. The summed E-state index contributed by atoms with van der Waals surface area (Å²) in [6.07, 6.45) is 10.9. The van der Waals surface area contributed by atoms with Crippen LogP contribution in [0.25, 0.3) is 11.1 Å². The van der Waals surface area contributed by atoms with Crippen molar-refractivity contribution in [1.29, 1.82) is 0 Å². The second-order valence-corrected chi connectivity index (χ2v) is 10.8. The molecule has 1 saturated heterocycles. The van der Waals surface area contributed by atoms with Crippen molar-refractivity contribution in [2.75, 3.05) is 24.1 Å². The number of rotatable bonds is 3. The molecule has 8 nitrogen and oxygen atoms in total. The Labute approximate surface area is 215 Å². The Morgan fingerprint density at radius 2 is 2.03 bits per heavy atom. The number of nitrogens with zero attached hydrogens (tertiary/aromatic N) is 4. The molecule has 0 radical (unpaired) electrons. The highest BCUT2D eigenvalue weighted by molar-refractivity contribution is 6.01. The van der Waals surface area contributed by atoms with E-state index in [0.29, 0.717) is 17.7 Å². The smallest absolute Gasteiger partial charge is 0.259 e. The second kappa shape index (κ2) is 9.13. The van der Waals surface area contributed by atoms with Crippen LogP contribution in [0.1, 0.15) is 72.5 Å². The number of benzene rings is 1. The Morgan fingerprint density at radius 3 is 2.78 bits per heavy atom. The standard InChI is InChI=1S/C28H33FN6O2/c1-34-15-18(14-33-34)23-4-2-3-11-35(23)27(37)24-22(30)6-5-20(25(24)29)17-12-21-26(31-13-17)32-16-28(21)9-7-19(36)8-10-28/h5-6,12-15,19,23,36H,2-4,7-11,16,30H2,1H3,(H,31,32). The van der Waals surface area contributed by atoms with Crippen LogP contribution in [0.3, 0.4) is 0 Å². The van der Waals surface area contributed by atoms with E-state index in [1.807, 2.05) is 19.3 Å². The third kappa shape index (κ3) is 4.05. The molecule has 1 spiro atoms. The number of hydrogen-bond donors (Lipinski definition) is 3. The van der Waals surface area contributed by atoms with Crippen LogP contribution in [0.4, 0.5) is 15.9 Å². The van der Waals surface area contributed by atoms with Crippen LogP contribution in [0.2, 0.25) is 0 Å². The topological polar surface area (TPSA) is 109 Å². The average Bonchev–Trinajstić information content (AvgIpc) is 3.49. The van der Waals surface area contributed by atoms with Crippen LogP contribution in [0.15, 0.2) is 36.8 Å². The van der Waals surface area contributed by atoms with Gasteiger partial charge in [-0.1, -0.05) is 0 Å². The van der Waals surface area contributed by atoms with Gasteiger partial charge in [0.2, 0.25) is 0 Å². The van der Waals surface area contributed by atoms with E-state index >= 15 is 4.39 Å². The van der Waals surface area contributed by atoms with Crippen molar-refractivity contribution in [3.63, 3.8) is 0 Å². The normalized spacial score (nSPS) is 25.2. The van der Waals surface area contributed by atoms with Gasteiger partial charge in [0.05, 0.1) is 23.9 Å². The number of aliphatic hydroxyl groups is 1. The summed E-state index contributed by atoms with van der Waals surface area (Å²) >= 11 is 0. The molecule has 1 aliphatic carbocycles. The summed E-state index contributed by atoms with van der Waals surface area (Å²) in [4.78, 5) is 20.2. The highest BCUT2D eigenvalue weighted by atomic mass is 19.1. The maximum Gasteiger partial charge on any atom is 0.259 e. The first-order chi connectivity index (χ1) is 17.9. The molecule has 9 heteroatoms. The van der Waals surface area contributed by atoms with Crippen molar-refractivity contribution in [2.24, 2.45) is 7.05 Å². The quantitative estimate of drug-likeness (QED) is 0.462. The number of nitrogens with one attached hydrogen (secondary N) is 1. The summed E-state index contributed by atoms with van der Waals surface area (Å²) in [5.41, 5.74) is 9.13. The first-order valence-electron chi connectivity index (χ1n) is 13.2. The summed E-state index contributed by atoms with van der Waals surface area (Å²) in [6.45, 7) is 1.31. The van der Waals surface area contributed by atoms with Gasteiger partial charge in [0.25, 0.3) is 5.91 Å². The van der Waals surface area contributed by atoms with E-state index < -0.39 is 5.82 Å². The number of carbonyl (C=O) groups is 1. The van der Waals surface area contributed by atoms with Crippen molar-refractivity contribution in [2.45, 2.75) is 62.5 Å². The molecule has 4 N–H and O–H groups in total. The lowest BCUT2D eigenvalue weighted by Gasteiger charge is -2.36. The minimum absolute atomic E-state index is 0.0811. The van der Waals surface area contributed by atoms with Gasteiger partial charge in [0.1, 0.15) is 11.6 Å². The highest BCUT2D eigenvalue weighted by Gasteiger charge is 2.42. The zero-order valence-electron chi connectivity index (χ0n) is 21.1. The summed E-state index contributed by atoms with van der Waals surface area (Å²) in [6, 6.07) is 5.10. The fraction of sp³-hybridized carbons (Fsp3) is 0.464. The Kier molecular flexibility index (Phi) is 5.90. The molecule has 1 unspecified atom stereocenters. The molecule has 1 aromatic carbocycles. The molecule has 194 valence electrons. The average molecular weight is 505 g/mol. The maximum atomic E-state index is 16.2. The number of likely N-dealkylation sites (tertiary alicyclic amines) is 1. The molecule has 2 aliphatic heterocycles. The molecule has 1 saturated carbocycles. The zero-order chi connectivity index (χ0) is 25.7. The predicted octanol–water partition coefficient (Wildman–Crippen LogP) is 4.17. The van der Waals surface area contributed by atoms with E-state index in [2.05, 4.69) is 15.4 Å². The number of amides is 1. The van der Waals surface area contributed by atoms with Crippen LogP contribution in [-0.2, 0) is 12.5 Å². The van der Waals surface area contributed by atoms with Crippen LogP contribution < -0.4 is 11.1 Å². The number of carbonyl (C=O) groups excluding carboxylic acids is 1. The van der Waals surface area contributed by atoms with E-state index in [1.54, 1.807) is 34.1 Å². The molecule has 1 amide bonds. The van der Waals surface area contributed by atoms with Crippen LogP contribution >= 0.6 is 0 Å². The molecule has 0 bridgehead atoms. The molecule has 3 aliphatic rings. The highest BCUT2D eigenvalue weighted by Crippen LogP contribution is 2.47. The SMILES string of the molecule is Cn1cc(C2CCCCN2C(=O)c2c(N)ccc(-c3cnc4c(c3)C3(CCC(O)CC3)CN4)c2F)cn1. The first kappa shape index (κ1) is 23.9. The molecule has 4 heterocycles. The monoisotopic (exact) mass is 504 g/mol. The number of aryl methyl sites for hydroxylation is 1. The molecule has 3 aromatic rings. The van der Waals surface area contributed by atoms with Gasteiger partial charge in [-0.3, -0.25) is 9.48 Å². The van der Waals surface area contributed by atoms with Crippen molar-refractivity contribution in [3.8, 4) is 11.1 Å². The Balaban J connectivity index is 1.36. The zero-order valence-corrected chi connectivity index (χ0v) is 21.1. The van der Waals surface area contributed by atoms with Crippen molar-refractivity contribution < 1.29 is 14.3 Å². The second-order valence-electron chi connectivity index (χ2n) is 10.8. The van der Waals surface area contributed by atoms with Gasteiger partial charge in [0.15, 0.2) is 0 Å². The molecular formula is C28H33FN6O2. The first-order valence-corrected chi connectivity index (χ1v) is 13.2. The molecule has 6 rings (SSSR count). The van der Waals surface area contributed by atoms with Gasteiger partial charge in [-0.2, -0.15) is 5.10 Å². The van der Waals surface area contributed by atoms with Crippen LogP contribution in [-0.4, -0.2) is 49.9 Å². The lowest BCUT2D eigenvalue weighted by molar-refractivity contribution is 0.0608. The largest absolute Gasteiger partial charge is 0.398 e. The lowest BCUT2D eigenvalue weighted by atomic mass is 9.70. The molecule has 2 aromatic heterocycles. The third-order valence-corrected chi connectivity index (χ3v) is 8.54. The number of hydrogen-bond acceptors (Lipinski definition) is 6. The van der Waals surface area contributed by atoms with E-state index in [9.17, 15) is 9.90 Å². The number of piperidine rings is 1. The van der Waals surface area contributed by atoms with Crippen molar-refractivity contribution in [3.05, 3.63) is 59.3 Å². The van der Waals surface area contributed by atoms with Gasteiger partial charge in [0, 0.05) is 65.9 Å².